The minimum atomic E-state index is 0.638. The Morgan fingerprint density at radius 3 is 1.53 bits per heavy atom. The van der Waals surface area contributed by atoms with E-state index >= 15 is 0 Å². The van der Waals surface area contributed by atoms with Gasteiger partial charge in [-0.1, -0.05) is 146 Å². The smallest absolute Gasteiger partial charge is 0.164 e. The Bertz CT molecular complexity index is 3270. The molecule has 0 bridgehead atoms. The first kappa shape index (κ1) is 31.1. The van der Waals surface area contributed by atoms with Crippen molar-refractivity contribution >= 4 is 54.1 Å². The van der Waals surface area contributed by atoms with E-state index in [9.17, 15) is 0 Å². The van der Waals surface area contributed by atoms with Gasteiger partial charge in [0.15, 0.2) is 17.5 Å². The summed E-state index contributed by atoms with van der Waals surface area (Å²) in [5.74, 6) is 1.92. The summed E-state index contributed by atoms with van der Waals surface area (Å²) in [4.78, 5) is 15.3. The van der Waals surface area contributed by atoms with E-state index < -0.39 is 0 Å². The van der Waals surface area contributed by atoms with Gasteiger partial charge in [-0.15, -0.1) is 0 Å². The van der Waals surface area contributed by atoms with E-state index in [0.29, 0.717) is 17.5 Å². The maximum absolute atomic E-state index is 5.13. The van der Waals surface area contributed by atoms with Crippen molar-refractivity contribution in [3.63, 3.8) is 0 Å². The number of hydrogen-bond donors (Lipinski definition) is 0. The average molecular weight is 701 g/mol. The second kappa shape index (κ2) is 12.6. The van der Waals surface area contributed by atoms with E-state index in [-0.39, 0.29) is 0 Å². The highest BCUT2D eigenvalue weighted by Gasteiger charge is 2.16. The summed E-state index contributed by atoms with van der Waals surface area (Å²) < 4.78 is 2.39. The van der Waals surface area contributed by atoms with E-state index in [1.54, 1.807) is 0 Å². The van der Waals surface area contributed by atoms with Crippen LogP contribution in [0.3, 0.4) is 0 Å². The van der Waals surface area contributed by atoms with E-state index in [1.807, 2.05) is 6.07 Å². The number of benzene rings is 9. The molecule has 256 valence electrons. The SMILES string of the molecule is c1ccc(-c2cccc(-c3nc(-c4ccc5ccccc5c4)nc(-c4ccc5cc(-n6c7ccccc7c7cc8ccccc8cc76)ccc5c4)n3)c2)cc1. The number of fused-ring (bicyclic) bond motifs is 6. The molecule has 9 aromatic carbocycles. The van der Waals surface area contributed by atoms with Crippen LogP contribution in [0.15, 0.2) is 194 Å². The van der Waals surface area contributed by atoms with Gasteiger partial charge in [-0.3, -0.25) is 0 Å². The van der Waals surface area contributed by atoms with Crippen LogP contribution in [0.1, 0.15) is 0 Å². The minimum Gasteiger partial charge on any atom is -0.309 e. The van der Waals surface area contributed by atoms with Gasteiger partial charge in [0.25, 0.3) is 0 Å². The topological polar surface area (TPSA) is 43.6 Å². The predicted octanol–water partition coefficient (Wildman–Crippen LogP) is 13.1. The number of nitrogens with zero attached hydrogens (tertiary/aromatic N) is 4. The highest BCUT2D eigenvalue weighted by molar-refractivity contribution is 6.13. The van der Waals surface area contributed by atoms with Gasteiger partial charge in [-0.25, -0.2) is 15.0 Å². The average Bonchev–Trinajstić information content (AvgIpc) is 3.58. The van der Waals surface area contributed by atoms with Gasteiger partial charge in [-0.05, 0) is 92.0 Å². The fourth-order valence-electron chi connectivity index (χ4n) is 8.00. The van der Waals surface area contributed by atoms with Crippen molar-refractivity contribution in [2.45, 2.75) is 0 Å². The van der Waals surface area contributed by atoms with Gasteiger partial charge in [-0.2, -0.15) is 0 Å². The molecule has 0 saturated heterocycles. The van der Waals surface area contributed by atoms with Crippen LogP contribution in [-0.2, 0) is 0 Å². The van der Waals surface area contributed by atoms with E-state index in [2.05, 4.69) is 193 Å². The molecule has 0 N–H and O–H groups in total. The van der Waals surface area contributed by atoms with Gasteiger partial charge in [0.2, 0.25) is 0 Å². The Hall–Kier alpha value is -7.43. The first-order valence-electron chi connectivity index (χ1n) is 18.6. The minimum absolute atomic E-state index is 0.638. The van der Waals surface area contributed by atoms with Crippen LogP contribution in [0.4, 0.5) is 0 Å². The Balaban J connectivity index is 1.05. The normalized spacial score (nSPS) is 11.6. The summed E-state index contributed by atoms with van der Waals surface area (Å²) in [6.45, 7) is 0. The number of aromatic nitrogens is 4. The van der Waals surface area contributed by atoms with Crippen LogP contribution in [0.25, 0.3) is 105 Å². The molecule has 0 unspecified atom stereocenters. The van der Waals surface area contributed by atoms with E-state index in [4.69, 9.17) is 15.0 Å². The standard InChI is InChI=1S/C51H32N4/c1-2-11-33(12-3-1)36-17-10-18-41(27-36)49-52-50(42-23-21-34-13-4-5-14-35(34)28-42)54-51(53-49)43-24-22-40-30-44(26-25-39(40)29-43)55-47-20-9-8-19-45(47)46-31-37-15-6-7-16-38(37)32-48(46)55/h1-32H. The Labute approximate surface area is 317 Å². The summed E-state index contributed by atoms with van der Waals surface area (Å²) in [6, 6.07) is 68.8. The molecule has 0 spiro atoms. The molecule has 0 atom stereocenters. The maximum Gasteiger partial charge on any atom is 0.164 e. The number of hydrogen-bond acceptors (Lipinski definition) is 3. The monoisotopic (exact) mass is 700 g/mol. The quantitative estimate of drug-likeness (QED) is 0.179. The van der Waals surface area contributed by atoms with Crippen LogP contribution in [0.2, 0.25) is 0 Å². The summed E-state index contributed by atoms with van der Waals surface area (Å²) >= 11 is 0. The van der Waals surface area contributed by atoms with Gasteiger partial charge in [0.1, 0.15) is 0 Å². The fraction of sp³-hybridized carbons (Fsp3) is 0. The fourth-order valence-corrected chi connectivity index (χ4v) is 8.00. The highest BCUT2D eigenvalue weighted by atomic mass is 15.0. The molecule has 2 heterocycles. The lowest BCUT2D eigenvalue weighted by Gasteiger charge is -2.12. The molecule has 4 nitrogen and oxygen atoms in total. The zero-order chi connectivity index (χ0) is 36.3. The molecule has 11 aromatic rings. The lowest BCUT2D eigenvalue weighted by Crippen LogP contribution is -2.00. The lowest BCUT2D eigenvalue weighted by atomic mass is 10.0. The third-order valence-electron chi connectivity index (χ3n) is 10.8. The summed E-state index contributed by atoms with van der Waals surface area (Å²) in [7, 11) is 0. The number of para-hydroxylation sites is 1. The van der Waals surface area contributed by atoms with Crippen molar-refractivity contribution in [2.24, 2.45) is 0 Å². The molecule has 0 radical (unpaired) electrons. The van der Waals surface area contributed by atoms with E-state index in [1.165, 1.54) is 38.0 Å². The molecule has 55 heavy (non-hydrogen) atoms. The van der Waals surface area contributed by atoms with Crippen LogP contribution >= 0.6 is 0 Å². The largest absolute Gasteiger partial charge is 0.309 e. The van der Waals surface area contributed by atoms with Crippen LogP contribution in [0, 0.1) is 0 Å². The van der Waals surface area contributed by atoms with Gasteiger partial charge in [0.05, 0.1) is 11.0 Å². The van der Waals surface area contributed by atoms with Crippen molar-refractivity contribution in [1.82, 2.24) is 19.5 Å². The van der Waals surface area contributed by atoms with Crippen molar-refractivity contribution in [3.8, 4) is 51.0 Å². The van der Waals surface area contributed by atoms with Crippen LogP contribution in [0.5, 0.6) is 0 Å². The van der Waals surface area contributed by atoms with Crippen LogP contribution in [-0.4, -0.2) is 19.5 Å². The van der Waals surface area contributed by atoms with Gasteiger partial charge >= 0.3 is 0 Å². The molecular formula is C51H32N4. The van der Waals surface area contributed by atoms with E-state index in [0.717, 1.165) is 49.7 Å². The second-order valence-electron chi connectivity index (χ2n) is 14.1. The van der Waals surface area contributed by atoms with Gasteiger partial charge < -0.3 is 4.57 Å². The van der Waals surface area contributed by atoms with Crippen molar-refractivity contribution in [2.75, 3.05) is 0 Å². The molecule has 0 aliphatic rings. The third kappa shape index (κ3) is 5.43. The Kier molecular flexibility index (Phi) is 7.14. The van der Waals surface area contributed by atoms with Gasteiger partial charge in [0, 0.05) is 33.2 Å². The lowest BCUT2D eigenvalue weighted by molar-refractivity contribution is 1.08. The summed E-state index contributed by atoms with van der Waals surface area (Å²) in [5.41, 5.74) is 8.62. The molecule has 0 aliphatic heterocycles. The maximum atomic E-state index is 5.13. The second-order valence-corrected chi connectivity index (χ2v) is 14.1. The third-order valence-corrected chi connectivity index (χ3v) is 10.8. The molecule has 2 aromatic heterocycles. The Morgan fingerprint density at radius 2 is 0.782 bits per heavy atom. The van der Waals surface area contributed by atoms with Crippen molar-refractivity contribution in [1.29, 1.82) is 0 Å². The first-order valence-corrected chi connectivity index (χ1v) is 18.6. The first-order chi connectivity index (χ1) is 27.2. The molecular weight excluding hydrogens is 669 g/mol. The molecule has 0 saturated carbocycles. The van der Waals surface area contributed by atoms with Crippen molar-refractivity contribution in [3.05, 3.63) is 194 Å². The van der Waals surface area contributed by atoms with Crippen molar-refractivity contribution < 1.29 is 0 Å². The molecule has 4 heteroatoms. The zero-order valence-electron chi connectivity index (χ0n) is 29.8. The zero-order valence-corrected chi connectivity index (χ0v) is 29.8. The summed E-state index contributed by atoms with van der Waals surface area (Å²) in [5, 5.41) is 9.58. The summed E-state index contributed by atoms with van der Waals surface area (Å²) in [6.07, 6.45) is 0. The predicted molar refractivity (Wildman–Crippen MR) is 228 cm³/mol. The molecule has 0 amide bonds. The molecule has 0 aliphatic carbocycles. The number of rotatable bonds is 5. The van der Waals surface area contributed by atoms with Crippen LogP contribution < -0.4 is 0 Å². The highest BCUT2D eigenvalue weighted by Crippen LogP contribution is 2.36. The molecule has 0 fully saturated rings. The molecule has 11 rings (SSSR count). The Morgan fingerprint density at radius 1 is 0.273 bits per heavy atom.